The molecule has 200 valence electrons. The van der Waals surface area contributed by atoms with Crippen LogP contribution in [0.3, 0.4) is 0 Å². The fraction of sp³-hybridized carbons (Fsp3) is 0.129. The number of fused-ring (bicyclic) bond motifs is 2. The van der Waals surface area contributed by atoms with Crippen molar-refractivity contribution in [1.29, 1.82) is 0 Å². The molecule has 40 heavy (non-hydrogen) atoms. The fourth-order valence-electron chi connectivity index (χ4n) is 4.49. The number of hydrogen-bond donors (Lipinski definition) is 1. The van der Waals surface area contributed by atoms with Crippen LogP contribution in [-0.4, -0.2) is 41.7 Å². The molecule has 1 N–H and O–H groups in total. The number of carbonyl (C=O) groups excluding carboxylic acids is 3. The fourth-order valence-corrected chi connectivity index (χ4v) is 5.33. The van der Waals surface area contributed by atoms with Crippen LogP contribution >= 0.6 is 11.8 Å². The predicted octanol–water partition coefficient (Wildman–Crippen LogP) is 5.87. The number of anilines is 1. The summed E-state index contributed by atoms with van der Waals surface area (Å²) < 4.78 is 17.0. The Kier molecular flexibility index (Phi) is 7.11. The van der Waals surface area contributed by atoms with Gasteiger partial charge in [-0.3, -0.25) is 19.3 Å². The summed E-state index contributed by atoms with van der Waals surface area (Å²) in [4.78, 5) is 39.2. The molecule has 8 nitrogen and oxygen atoms in total. The van der Waals surface area contributed by atoms with Crippen LogP contribution in [0.4, 0.5) is 10.5 Å². The molecule has 2 aliphatic heterocycles. The van der Waals surface area contributed by atoms with Crippen molar-refractivity contribution >= 4 is 51.4 Å². The molecule has 6 rings (SSSR count). The van der Waals surface area contributed by atoms with Crippen molar-refractivity contribution in [2.45, 2.75) is 6.61 Å². The molecule has 0 spiro atoms. The zero-order valence-electron chi connectivity index (χ0n) is 21.3. The lowest BCUT2D eigenvalue weighted by Gasteiger charge is -2.19. The molecule has 0 aromatic heterocycles. The summed E-state index contributed by atoms with van der Waals surface area (Å²) in [6.07, 6.45) is 1.64. The highest BCUT2D eigenvalue weighted by Crippen LogP contribution is 2.34. The SMILES string of the molecule is O=C(CN1C(=O)S/C(=C/c2ccc(OCc3cccc4ccccc34)cc2)C1=O)Nc1ccc2c(c1)OCCO2. The number of benzene rings is 4. The quantitative estimate of drug-likeness (QED) is 0.287. The maximum Gasteiger partial charge on any atom is 0.294 e. The lowest BCUT2D eigenvalue weighted by Crippen LogP contribution is -2.36. The maximum atomic E-state index is 12.9. The highest BCUT2D eigenvalue weighted by atomic mass is 32.2. The Morgan fingerprint density at radius 3 is 2.55 bits per heavy atom. The monoisotopic (exact) mass is 552 g/mol. The van der Waals surface area contributed by atoms with Crippen molar-refractivity contribution in [2.75, 3.05) is 25.1 Å². The van der Waals surface area contributed by atoms with Gasteiger partial charge in [-0.1, -0.05) is 54.6 Å². The normalized spacial score (nSPS) is 15.5. The number of hydrogen-bond acceptors (Lipinski definition) is 7. The van der Waals surface area contributed by atoms with Gasteiger partial charge >= 0.3 is 0 Å². The molecule has 0 bridgehead atoms. The molecular formula is C31H24N2O6S. The lowest BCUT2D eigenvalue weighted by molar-refractivity contribution is -0.127. The molecule has 3 amide bonds. The molecule has 4 aromatic rings. The van der Waals surface area contributed by atoms with Gasteiger partial charge in [-0.25, -0.2) is 0 Å². The van der Waals surface area contributed by atoms with E-state index in [4.69, 9.17) is 14.2 Å². The van der Waals surface area contributed by atoms with Crippen molar-refractivity contribution < 1.29 is 28.6 Å². The smallest absolute Gasteiger partial charge is 0.294 e. The minimum absolute atomic E-state index is 0.251. The number of amides is 3. The van der Waals surface area contributed by atoms with Gasteiger partial charge < -0.3 is 19.5 Å². The Balaban J connectivity index is 1.07. The van der Waals surface area contributed by atoms with E-state index in [1.807, 2.05) is 48.5 Å². The summed E-state index contributed by atoms with van der Waals surface area (Å²) in [7, 11) is 0. The van der Waals surface area contributed by atoms with E-state index in [1.165, 1.54) is 0 Å². The third-order valence-electron chi connectivity index (χ3n) is 6.45. The molecule has 2 aliphatic rings. The summed E-state index contributed by atoms with van der Waals surface area (Å²) in [5, 5.41) is 4.52. The van der Waals surface area contributed by atoms with Crippen molar-refractivity contribution in [3.05, 3.63) is 101 Å². The van der Waals surface area contributed by atoms with Gasteiger partial charge in [0.05, 0.1) is 4.91 Å². The Bertz CT molecular complexity index is 1640. The van der Waals surface area contributed by atoms with Crippen LogP contribution in [0, 0.1) is 0 Å². The largest absolute Gasteiger partial charge is 0.489 e. The molecule has 4 aromatic carbocycles. The Morgan fingerprint density at radius 2 is 1.70 bits per heavy atom. The van der Waals surface area contributed by atoms with E-state index in [0.717, 1.165) is 38.6 Å². The number of ether oxygens (including phenoxy) is 3. The number of rotatable bonds is 7. The van der Waals surface area contributed by atoms with Crippen LogP contribution in [-0.2, 0) is 16.2 Å². The topological polar surface area (TPSA) is 94.2 Å². The van der Waals surface area contributed by atoms with E-state index in [1.54, 1.807) is 24.3 Å². The van der Waals surface area contributed by atoms with Crippen LogP contribution in [0.5, 0.6) is 17.2 Å². The molecule has 9 heteroatoms. The average molecular weight is 553 g/mol. The van der Waals surface area contributed by atoms with Gasteiger partial charge in [-0.2, -0.15) is 0 Å². The van der Waals surface area contributed by atoms with Crippen LogP contribution in [0.15, 0.2) is 89.8 Å². The van der Waals surface area contributed by atoms with Gasteiger partial charge in [0.1, 0.15) is 32.1 Å². The summed E-state index contributed by atoms with van der Waals surface area (Å²) in [6, 6.07) is 26.6. The number of carbonyl (C=O) groups is 3. The minimum atomic E-state index is -0.511. The van der Waals surface area contributed by atoms with Gasteiger partial charge in [-0.15, -0.1) is 0 Å². The van der Waals surface area contributed by atoms with Crippen molar-refractivity contribution in [1.82, 2.24) is 4.90 Å². The molecule has 0 aliphatic carbocycles. The number of imide groups is 1. The second kappa shape index (κ2) is 11.2. The van der Waals surface area contributed by atoms with Crippen molar-refractivity contribution in [3.8, 4) is 17.2 Å². The number of nitrogens with one attached hydrogen (secondary N) is 1. The van der Waals surface area contributed by atoms with E-state index in [9.17, 15) is 14.4 Å². The van der Waals surface area contributed by atoms with E-state index in [-0.39, 0.29) is 4.91 Å². The average Bonchev–Trinajstić information content (AvgIpc) is 3.23. The summed E-state index contributed by atoms with van der Waals surface area (Å²) in [5.41, 5.74) is 2.32. The number of nitrogens with zero attached hydrogens (tertiary/aromatic N) is 1. The summed E-state index contributed by atoms with van der Waals surface area (Å²) >= 11 is 0.807. The van der Waals surface area contributed by atoms with E-state index < -0.39 is 23.6 Å². The standard InChI is InChI=1S/C31H24N2O6S/c34-29(32-23-10-13-26-27(17-23)38-15-14-37-26)18-33-30(35)28(40-31(33)36)16-20-8-11-24(12-9-20)39-19-22-6-3-5-21-4-1-2-7-25(21)22/h1-13,16-17H,14-15,18-19H2,(H,32,34)/b28-16+. The third kappa shape index (κ3) is 5.50. The molecule has 0 unspecified atom stereocenters. The first-order valence-electron chi connectivity index (χ1n) is 12.7. The van der Waals surface area contributed by atoms with E-state index in [0.29, 0.717) is 42.8 Å². The Labute approximate surface area is 234 Å². The first-order chi connectivity index (χ1) is 19.5. The molecule has 0 saturated carbocycles. The lowest BCUT2D eigenvalue weighted by atomic mass is 10.1. The zero-order valence-corrected chi connectivity index (χ0v) is 22.1. The molecule has 2 heterocycles. The highest BCUT2D eigenvalue weighted by molar-refractivity contribution is 8.18. The van der Waals surface area contributed by atoms with Crippen LogP contribution < -0.4 is 19.5 Å². The van der Waals surface area contributed by atoms with Crippen LogP contribution in [0.2, 0.25) is 0 Å². The van der Waals surface area contributed by atoms with Crippen molar-refractivity contribution in [3.63, 3.8) is 0 Å². The second-order valence-electron chi connectivity index (χ2n) is 9.17. The van der Waals surface area contributed by atoms with Gasteiger partial charge in [0.15, 0.2) is 11.5 Å². The zero-order chi connectivity index (χ0) is 27.5. The molecule has 1 saturated heterocycles. The predicted molar refractivity (Wildman–Crippen MR) is 153 cm³/mol. The van der Waals surface area contributed by atoms with Crippen molar-refractivity contribution in [2.24, 2.45) is 0 Å². The number of thioether (sulfide) groups is 1. The summed E-state index contributed by atoms with van der Waals surface area (Å²) in [5.74, 6) is 0.818. The van der Waals surface area contributed by atoms with Gasteiger partial charge in [0.25, 0.3) is 11.1 Å². The molecule has 0 atom stereocenters. The molecule has 0 radical (unpaired) electrons. The molecular weight excluding hydrogens is 528 g/mol. The van der Waals surface area contributed by atoms with E-state index >= 15 is 0 Å². The first-order valence-corrected chi connectivity index (χ1v) is 13.5. The molecule has 1 fully saturated rings. The van der Waals surface area contributed by atoms with Crippen LogP contribution in [0.25, 0.3) is 16.8 Å². The second-order valence-corrected chi connectivity index (χ2v) is 10.2. The van der Waals surface area contributed by atoms with Crippen LogP contribution in [0.1, 0.15) is 11.1 Å². The highest BCUT2D eigenvalue weighted by Gasteiger charge is 2.36. The first kappa shape index (κ1) is 25.5. The van der Waals surface area contributed by atoms with Gasteiger partial charge in [0, 0.05) is 11.8 Å². The summed E-state index contributed by atoms with van der Waals surface area (Å²) in [6.45, 7) is 0.926. The van der Waals surface area contributed by atoms with Gasteiger partial charge in [0.2, 0.25) is 5.91 Å². The Morgan fingerprint density at radius 1 is 0.925 bits per heavy atom. The van der Waals surface area contributed by atoms with Gasteiger partial charge in [-0.05, 0) is 64.0 Å². The van der Waals surface area contributed by atoms with E-state index in [2.05, 4.69) is 23.5 Å². The Hall–Kier alpha value is -4.76. The third-order valence-corrected chi connectivity index (χ3v) is 7.36. The maximum absolute atomic E-state index is 12.9. The minimum Gasteiger partial charge on any atom is -0.489 e.